The number of nitrogens with zero attached hydrogens (tertiary/aromatic N) is 1. The van der Waals surface area contributed by atoms with Crippen molar-refractivity contribution >= 4 is 28.3 Å². The highest BCUT2D eigenvalue weighted by molar-refractivity contribution is 7.18. The SMILES string of the molecule is CCOC(=O)c1sc(NC(=O)c2ccc3c(c2)OCCO3)nc1-c1ccccc1. The van der Waals surface area contributed by atoms with Crippen LogP contribution >= 0.6 is 11.3 Å². The minimum atomic E-state index is -0.469. The van der Waals surface area contributed by atoms with Gasteiger partial charge in [0.1, 0.15) is 18.1 Å². The van der Waals surface area contributed by atoms with Crippen molar-refractivity contribution in [3.63, 3.8) is 0 Å². The number of thiazole rings is 1. The second kappa shape index (κ2) is 8.32. The summed E-state index contributed by atoms with van der Waals surface area (Å²) >= 11 is 1.08. The van der Waals surface area contributed by atoms with Gasteiger partial charge in [0.2, 0.25) is 0 Å². The molecule has 2 heterocycles. The molecule has 29 heavy (non-hydrogen) atoms. The van der Waals surface area contributed by atoms with Crippen LogP contribution in [0.15, 0.2) is 48.5 Å². The molecule has 2 aromatic carbocycles. The van der Waals surface area contributed by atoms with Crippen molar-refractivity contribution in [1.29, 1.82) is 0 Å². The molecular formula is C21H18N2O5S. The second-order valence-electron chi connectivity index (χ2n) is 6.10. The Bertz CT molecular complexity index is 1050. The number of benzene rings is 2. The number of carbonyl (C=O) groups is 2. The maximum absolute atomic E-state index is 12.7. The minimum absolute atomic E-state index is 0.254. The van der Waals surface area contributed by atoms with Crippen LogP contribution in [-0.2, 0) is 4.74 Å². The van der Waals surface area contributed by atoms with Crippen LogP contribution < -0.4 is 14.8 Å². The van der Waals surface area contributed by atoms with Gasteiger partial charge in [-0.25, -0.2) is 9.78 Å². The van der Waals surface area contributed by atoms with Gasteiger partial charge in [-0.05, 0) is 25.1 Å². The Morgan fingerprint density at radius 3 is 2.62 bits per heavy atom. The fraction of sp³-hybridized carbons (Fsp3) is 0.190. The van der Waals surface area contributed by atoms with Gasteiger partial charge in [-0.1, -0.05) is 41.7 Å². The summed E-state index contributed by atoms with van der Waals surface area (Å²) in [4.78, 5) is 29.9. The molecule has 1 aromatic heterocycles. The van der Waals surface area contributed by atoms with E-state index in [0.29, 0.717) is 46.0 Å². The second-order valence-corrected chi connectivity index (χ2v) is 7.09. The number of carbonyl (C=O) groups excluding carboxylic acids is 2. The zero-order valence-electron chi connectivity index (χ0n) is 15.6. The van der Waals surface area contributed by atoms with Gasteiger partial charge in [-0.3, -0.25) is 10.1 Å². The van der Waals surface area contributed by atoms with Crippen molar-refractivity contribution in [2.75, 3.05) is 25.1 Å². The molecule has 0 saturated heterocycles. The number of aromatic nitrogens is 1. The number of anilines is 1. The minimum Gasteiger partial charge on any atom is -0.486 e. The van der Waals surface area contributed by atoms with E-state index >= 15 is 0 Å². The van der Waals surface area contributed by atoms with Crippen molar-refractivity contribution in [2.24, 2.45) is 0 Å². The summed E-state index contributed by atoms with van der Waals surface area (Å²) in [6.45, 7) is 2.92. The molecule has 3 aromatic rings. The van der Waals surface area contributed by atoms with E-state index in [2.05, 4.69) is 10.3 Å². The Hall–Kier alpha value is -3.39. The standard InChI is InChI=1S/C21H18N2O5S/c1-2-26-20(25)18-17(13-6-4-3-5-7-13)22-21(29-18)23-19(24)14-8-9-15-16(12-14)28-11-10-27-15/h3-9,12H,2,10-11H2,1H3,(H,22,23,24). The van der Waals surface area contributed by atoms with E-state index < -0.39 is 5.97 Å². The first-order chi connectivity index (χ1) is 14.2. The molecular weight excluding hydrogens is 392 g/mol. The van der Waals surface area contributed by atoms with Gasteiger partial charge >= 0.3 is 5.97 Å². The van der Waals surface area contributed by atoms with E-state index in [1.807, 2.05) is 30.3 Å². The number of fused-ring (bicyclic) bond motifs is 1. The highest BCUT2D eigenvalue weighted by Gasteiger charge is 2.22. The molecule has 7 nitrogen and oxygen atoms in total. The Labute approximate surface area is 171 Å². The number of esters is 1. The van der Waals surface area contributed by atoms with E-state index in [9.17, 15) is 9.59 Å². The Morgan fingerprint density at radius 2 is 1.86 bits per heavy atom. The molecule has 1 amide bonds. The van der Waals surface area contributed by atoms with Crippen LogP contribution in [0.4, 0.5) is 5.13 Å². The van der Waals surface area contributed by atoms with Crippen molar-refractivity contribution in [2.45, 2.75) is 6.92 Å². The number of amides is 1. The first kappa shape index (κ1) is 18.9. The van der Waals surface area contributed by atoms with Gasteiger partial charge in [-0.15, -0.1) is 0 Å². The van der Waals surface area contributed by atoms with E-state index in [-0.39, 0.29) is 12.5 Å². The van der Waals surface area contributed by atoms with Crippen molar-refractivity contribution in [1.82, 2.24) is 4.98 Å². The summed E-state index contributed by atoms with van der Waals surface area (Å²) in [5.74, 6) is 0.313. The Kier molecular flexibility index (Phi) is 5.44. The lowest BCUT2D eigenvalue weighted by Crippen LogP contribution is -2.17. The summed E-state index contributed by atoms with van der Waals surface area (Å²) in [5.41, 5.74) is 1.65. The summed E-state index contributed by atoms with van der Waals surface area (Å²) < 4.78 is 16.1. The van der Waals surface area contributed by atoms with Gasteiger partial charge in [0.05, 0.1) is 12.3 Å². The normalized spacial score (nSPS) is 12.3. The number of ether oxygens (including phenoxy) is 3. The fourth-order valence-electron chi connectivity index (χ4n) is 2.85. The monoisotopic (exact) mass is 410 g/mol. The van der Waals surface area contributed by atoms with Crippen LogP contribution in [0, 0.1) is 0 Å². The molecule has 1 aliphatic heterocycles. The topological polar surface area (TPSA) is 86.8 Å². The molecule has 0 unspecified atom stereocenters. The third kappa shape index (κ3) is 4.07. The first-order valence-corrected chi connectivity index (χ1v) is 9.91. The molecule has 1 N–H and O–H groups in total. The maximum Gasteiger partial charge on any atom is 0.350 e. The third-order valence-electron chi connectivity index (χ3n) is 4.16. The van der Waals surface area contributed by atoms with Gasteiger partial charge < -0.3 is 14.2 Å². The summed E-state index contributed by atoms with van der Waals surface area (Å²) in [7, 11) is 0. The molecule has 0 bridgehead atoms. The Morgan fingerprint density at radius 1 is 1.10 bits per heavy atom. The van der Waals surface area contributed by atoms with Crippen LogP contribution in [0.2, 0.25) is 0 Å². The van der Waals surface area contributed by atoms with Crippen LogP contribution in [-0.4, -0.2) is 36.7 Å². The molecule has 4 rings (SSSR count). The molecule has 0 fully saturated rings. The molecule has 0 atom stereocenters. The molecule has 0 radical (unpaired) electrons. The number of nitrogens with one attached hydrogen (secondary N) is 1. The van der Waals surface area contributed by atoms with Crippen LogP contribution in [0.5, 0.6) is 11.5 Å². The number of hydrogen-bond donors (Lipinski definition) is 1. The average molecular weight is 410 g/mol. The lowest BCUT2D eigenvalue weighted by Gasteiger charge is -2.18. The maximum atomic E-state index is 12.7. The third-order valence-corrected chi connectivity index (χ3v) is 5.11. The van der Waals surface area contributed by atoms with Crippen molar-refractivity contribution in [3.8, 4) is 22.8 Å². The lowest BCUT2D eigenvalue weighted by atomic mass is 10.1. The zero-order chi connectivity index (χ0) is 20.2. The highest BCUT2D eigenvalue weighted by atomic mass is 32.1. The number of rotatable bonds is 5. The molecule has 0 aliphatic carbocycles. The van der Waals surface area contributed by atoms with Crippen molar-refractivity contribution in [3.05, 3.63) is 59.0 Å². The van der Waals surface area contributed by atoms with Gasteiger partial charge in [0, 0.05) is 11.1 Å². The van der Waals surface area contributed by atoms with Crippen LogP contribution in [0.3, 0.4) is 0 Å². The van der Waals surface area contributed by atoms with Gasteiger partial charge in [0.25, 0.3) is 5.91 Å². The van der Waals surface area contributed by atoms with Crippen LogP contribution in [0.1, 0.15) is 27.0 Å². The quantitative estimate of drug-likeness (QED) is 0.640. The van der Waals surface area contributed by atoms with E-state index in [0.717, 1.165) is 16.9 Å². The van der Waals surface area contributed by atoms with E-state index in [1.54, 1.807) is 25.1 Å². The largest absolute Gasteiger partial charge is 0.486 e. The predicted octanol–water partition coefficient (Wildman–Crippen LogP) is 4.01. The predicted molar refractivity (Wildman–Crippen MR) is 109 cm³/mol. The molecule has 0 saturated carbocycles. The summed E-state index contributed by atoms with van der Waals surface area (Å²) in [6.07, 6.45) is 0. The van der Waals surface area contributed by atoms with Crippen molar-refractivity contribution < 1.29 is 23.8 Å². The molecule has 0 spiro atoms. The molecule has 1 aliphatic rings. The van der Waals surface area contributed by atoms with Crippen LogP contribution in [0.25, 0.3) is 11.3 Å². The summed E-state index contributed by atoms with van der Waals surface area (Å²) in [5, 5.41) is 3.07. The average Bonchev–Trinajstić information content (AvgIpc) is 3.18. The van der Waals surface area contributed by atoms with E-state index in [1.165, 1.54) is 0 Å². The lowest BCUT2D eigenvalue weighted by molar-refractivity contribution is 0.0532. The molecule has 148 valence electrons. The first-order valence-electron chi connectivity index (χ1n) is 9.10. The fourth-order valence-corrected chi connectivity index (χ4v) is 3.73. The van der Waals surface area contributed by atoms with E-state index in [4.69, 9.17) is 14.2 Å². The van der Waals surface area contributed by atoms with Gasteiger partial charge in [-0.2, -0.15) is 0 Å². The number of hydrogen-bond acceptors (Lipinski definition) is 7. The highest BCUT2D eigenvalue weighted by Crippen LogP contribution is 2.33. The molecule has 8 heteroatoms. The smallest absolute Gasteiger partial charge is 0.350 e. The summed E-state index contributed by atoms with van der Waals surface area (Å²) in [6, 6.07) is 14.3. The Balaban J connectivity index is 1.61. The zero-order valence-corrected chi connectivity index (χ0v) is 16.5. The van der Waals surface area contributed by atoms with Gasteiger partial charge in [0.15, 0.2) is 16.6 Å².